The minimum atomic E-state index is -4.62. The van der Waals surface area contributed by atoms with E-state index in [4.69, 9.17) is 5.14 Å². The Hall–Kier alpha value is -2.35. The minimum absolute atomic E-state index is 0.135. The maximum atomic E-state index is 13.4. The molecule has 1 aromatic carbocycles. The summed E-state index contributed by atoms with van der Waals surface area (Å²) in [4.78, 5) is -0.135. The van der Waals surface area contributed by atoms with Crippen LogP contribution in [0.2, 0.25) is 0 Å². The van der Waals surface area contributed by atoms with Crippen LogP contribution < -0.4 is 5.14 Å². The summed E-state index contributed by atoms with van der Waals surface area (Å²) in [6.45, 7) is 5.74. The van der Waals surface area contributed by atoms with Crippen molar-refractivity contribution in [2.45, 2.75) is 50.1 Å². The van der Waals surface area contributed by atoms with E-state index in [-0.39, 0.29) is 21.7 Å². The predicted molar refractivity (Wildman–Crippen MR) is 104 cm³/mol. The molecule has 0 saturated heterocycles. The van der Waals surface area contributed by atoms with Gasteiger partial charge in [-0.1, -0.05) is 32.8 Å². The van der Waals surface area contributed by atoms with E-state index in [0.29, 0.717) is 5.57 Å². The second-order valence-electron chi connectivity index (χ2n) is 7.54. The van der Waals surface area contributed by atoms with Crippen molar-refractivity contribution >= 4 is 15.6 Å². The number of allylic oxidation sites excluding steroid dienone is 1. The zero-order valence-corrected chi connectivity index (χ0v) is 16.8. The topological polar surface area (TPSA) is 78.0 Å². The summed E-state index contributed by atoms with van der Waals surface area (Å²) in [5.74, 6) is 0. The highest BCUT2D eigenvalue weighted by atomic mass is 32.2. The molecule has 0 amide bonds. The molecule has 5 nitrogen and oxygen atoms in total. The fourth-order valence-electron chi connectivity index (χ4n) is 3.87. The van der Waals surface area contributed by atoms with Gasteiger partial charge in [-0.25, -0.2) is 18.2 Å². The number of rotatable bonds is 4. The van der Waals surface area contributed by atoms with E-state index >= 15 is 0 Å². The van der Waals surface area contributed by atoms with Crippen LogP contribution in [0.1, 0.15) is 50.4 Å². The van der Waals surface area contributed by atoms with Crippen molar-refractivity contribution in [1.29, 1.82) is 0 Å². The number of benzene rings is 1. The SMILES string of the molecule is C=C=C(c1cc(C(F)(F)F)nn1-c1ccc(S(N)(=O)=O)cc1)C1(C)CCCCC1. The lowest BCUT2D eigenvalue weighted by atomic mass is 9.70. The molecule has 0 bridgehead atoms. The van der Waals surface area contributed by atoms with E-state index in [1.807, 2.05) is 6.92 Å². The van der Waals surface area contributed by atoms with E-state index in [2.05, 4.69) is 17.4 Å². The van der Waals surface area contributed by atoms with Gasteiger partial charge >= 0.3 is 6.18 Å². The highest BCUT2D eigenvalue weighted by Crippen LogP contribution is 2.47. The minimum Gasteiger partial charge on any atom is -0.232 e. The van der Waals surface area contributed by atoms with Gasteiger partial charge in [0.05, 0.1) is 16.3 Å². The first-order chi connectivity index (χ1) is 13.5. The van der Waals surface area contributed by atoms with Gasteiger partial charge in [0.25, 0.3) is 0 Å². The van der Waals surface area contributed by atoms with Gasteiger partial charge in [-0.2, -0.15) is 18.3 Å². The van der Waals surface area contributed by atoms with E-state index in [1.54, 1.807) is 0 Å². The molecule has 0 aliphatic heterocycles. The molecule has 2 N–H and O–H groups in total. The number of primary sulfonamides is 1. The number of aromatic nitrogens is 2. The molecule has 156 valence electrons. The summed E-state index contributed by atoms with van der Waals surface area (Å²) in [5.41, 5.74) is 2.59. The summed E-state index contributed by atoms with van der Waals surface area (Å²) in [5, 5.41) is 8.86. The first-order valence-electron chi connectivity index (χ1n) is 9.17. The maximum absolute atomic E-state index is 13.4. The number of nitrogens with zero attached hydrogens (tertiary/aromatic N) is 2. The van der Waals surface area contributed by atoms with Crippen molar-refractivity contribution in [3.8, 4) is 5.69 Å². The molecule has 3 rings (SSSR count). The standard InChI is InChI=1S/C20H22F3N3O2S/c1-3-16(19(2)11-5-4-6-12-19)17-13-18(20(21,22)23)25-26(17)14-7-9-15(10-8-14)29(24,27)28/h7-10,13H,1,4-6,11-12H2,2H3,(H2,24,27,28). The summed E-state index contributed by atoms with van der Waals surface area (Å²) < 4.78 is 64.3. The van der Waals surface area contributed by atoms with Crippen LogP contribution in [0.15, 0.2) is 47.5 Å². The van der Waals surface area contributed by atoms with Gasteiger partial charge in [-0.05, 0) is 43.2 Å². The van der Waals surface area contributed by atoms with Crippen molar-refractivity contribution in [2.75, 3.05) is 0 Å². The van der Waals surface area contributed by atoms with E-state index in [0.717, 1.165) is 38.2 Å². The number of alkyl halides is 3. The Morgan fingerprint density at radius 2 is 1.79 bits per heavy atom. The molecule has 0 unspecified atom stereocenters. The van der Waals surface area contributed by atoms with Crippen molar-refractivity contribution in [1.82, 2.24) is 9.78 Å². The number of nitrogens with two attached hydrogens (primary N) is 1. The molecule has 0 atom stereocenters. The van der Waals surface area contributed by atoms with Gasteiger partial charge < -0.3 is 0 Å². The summed E-state index contributed by atoms with van der Waals surface area (Å²) >= 11 is 0. The molecule has 0 radical (unpaired) electrons. The van der Waals surface area contributed by atoms with Gasteiger partial charge in [0.2, 0.25) is 10.0 Å². The van der Waals surface area contributed by atoms with E-state index in [1.165, 1.54) is 28.9 Å². The average Bonchev–Trinajstić information content (AvgIpc) is 3.07. The Morgan fingerprint density at radius 1 is 1.21 bits per heavy atom. The smallest absolute Gasteiger partial charge is 0.232 e. The third-order valence-corrected chi connectivity index (χ3v) is 6.33. The molecule has 1 fully saturated rings. The largest absolute Gasteiger partial charge is 0.435 e. The number of halogens is 3. The zero-order valence-electron chi connectivity index (χ0n) is 16.0. The molecule has 1 heterocycles. The first-order valence-corrected chi connectivity index (χ1v) is 10.7. The predicted octanol–water partition coefficient (Wildman–Crippen LogP) is 4.68. The highest BCUT2D eigenvalue weighted by molar-refractivity contribution is 7.89. The lowest BCUT2D eigenvalue weighted by Gasteiger charge is -2.35. The van der Waals surface area contributed by atoms with Crippen molar-refractivity contribution in [2.24, 2.45) is 10.6 Å². The molecule has 2 aromatic rings. The summed E-state index contributed by atoms with van der Waals surface area (Å²) in [7, 11) is -3.92. The van der Waals surface area contributed by atoms with Gasteiger partial charge in [0.1, 0.15) is 0 Å². The normalized spacial score (nSPS) is 17.0. The molecule has 1 saturated carbocycles. The Labute approximate surface area is 167 Å². The number of hydrogen-bond acceptors (Lipinski definition) is 3. The van der Waals surface area contributed by atoms with Crippen LogP contribution >= 0.6 is 0 Å². The summed E-state index contributed by atoms with van der Waals surface area (Å²) in [6.07, 6.45) is 0.0574. The van der Waals surface area contributed by atoms with Crippen LogP contribution in [0.5, 0.6) is 0 Å². The molecule has 29 heavy (non-hydrogen) atoms. The Morgan fingerprint density at radius 3 is 2.28 bits per heavy atom. The highest BCUT2D eigenvalue weighted by Gasteiger charge is 2.39. The lowest BCUT2D eigenvalue weighted by molar-refractivity contribution is -0.141. The second-order valence-corrected chi connectivity index (χ2v) is 9.10. The molecule has 1 aliphatic rings. The van der Waals surface area contributed by atoms with E-state index < -0.39 is 21.9 Å². The van der Waals surface area contributed by atoms with Crippen molar-refractivity contribution in [3.05, 3.63) is 54.0 Å². The van der Waals surface area contributed by atoms with Gasteiger partial charge in [-0.15, -0.1) is 5.73 Å². The molecular weight excluding hydrogens is 403 g/mol. The number of sulfonamides is 1. The monoisotopic (exact) mass is 425 g/mol. The molecule has 1 aliphatic carbocycles. The van der Waals surface area contributed by atoms with Gasteiger partial charge in [0, 0.05) is 11.0 Å². The van der Waals surface area contributed by atoms with Crippen LogP contribution in [-0.2, 0) is 16.2 Å². The van der Waals surface area contributed by atoms with Gasteiger partial charge in [0.15, 0.2) is 5.69 Å². The third-order valence-electron chi connectivity index (χ3n) is 5.40. The van der Waals surface area contributed by atoms with E-state index in [9.17, 15) is 21.6 Å². The summed E-state index contributed by atoms with van der Waals surface area (Å²) in [6, 6.07) is 6.23. The fraction of sp³-hybridized carbons (Fsp3) is 0.400. The van der Waals surface area contributed by atoms with Crippen molar-refractivity contribution in [3.63, 3.8) is 0 Å². The van der Waals surface area contributed by atoms with Crippen LogP contribution in [0, 0.1) is 5.41 Å². The van der Waals surface area contributed by atoms with Crippen LogP contribution in [0.3, 0.4) is 0 Å². The quantitative estimate of drug-likeness (QED) is 0.723. The Bertz CT molecular complexity index is 1060. The third kappa shape index (κ3) is 4.32. The lowest BCUT2D eigenvalue weighted by Crippen LogP contribution is -2.23. The van der Waals surface area contributed by atoms with Crippen LogP contribution in [0.25, 0.3) is 11.3 Å². The first kappa shape index (κ1) is 21.4. The van der Waals surface area contributed by atoms with Gasteiger partial charge in [-0.3, -0.25) is 0 Å². The van der Waals surface area contributed by atoms with Crippen molar-refractivity contribution < 1.29 is 21.6 Å². The molecule has 9 heteroatoms. The number of hydrogen-bond donors (Lipinski definition) is 1. The van der Waals surface area contributed by atoms with Crippen LogP contribution in [-0.4, -0.2) is 18.2 Å². The fourth-order valence-corrected chi connectivity index (χ4v) is 4.38. The molecular formula is C20H22F3N3O2S. The zero-order chi connectivity index (χ0) is 21.4. The second kappa shape index (κ2) is 7.48. The molecule has 1 aromatic heterocycles. The molecule has 0 spiro atoms. The maximum Gasteiger partial charge on any atom is 0.435 e. The average molecular weight is 425 g/mol. The Kier molecular flexibility index (Phi) is 5.51. The Balaban J connectivity index is 2.16. The van der Waals surface area contributed by atoms with Crippen LogP contribution in [0.4, 0.5) is 13.2 Å².